The summed E-state index contributed by atoms with van der Waals surface area (Å²) in [5, 5.41) is 11.1. The van der Waals surface area contributed by atoms with Gasteiger partial charge in [-0.15, -0.1) is 0 Å². The first-order chi connectivity index (χ1) is 15.4. The summed E-state index contributed by atoms with van der Waals surface area (Å²) >= 11 is 0. The number of aromatic nitrogens is 3. The van der Waals surface area contributed by atoms with Crippen molar-refractivity contribution in [3.8, 4) is 0 Å². The number of pyridine rings is 3. The summed E-state index contributed by atoms with van der Waals surface area (Å²) in [6.07, 6.45) is 6.32. The summed E-state index contributed by atoms with van der Waals surface area (Å²) in [5.74, 6) is -0.126. The highest BCUT2D eigenvalue weighted by molar-refractivity contribution is 6.08. The Morgan fingerprint density at radius 1 is 0.969 bits per heavy atom. The molecule has 3 rings (SSSR count). The monoisotopic (exact) mass is 433 g/mol. The van der Waals surface area contributed by atoms with Crippen LogP contribution in [0.4, 0.5) is 27.7 Å². The summed E-state index contributed by atoms with van der Waals surface area (Å²) in [4.78, 5) is 48.4. The second kappa shape index (κ2) is 10.6. The van der Waals surface area contributed by atoms with E-state index in [1.165, 1.54) is 19.3 Å². The lowest BCUT2D eigenvalue weighted by molar-refractivity contribution is -0.116. The zero-order valence-corrected chi connectivity index (χ0v) is 17.7. The minimum Gasteiger partial charge on any atom is -0.353 e. The first-order valence-corrected chi connectivity index (χ1v) is 9.92. The van der Waals surface area contributed by atoms with Crippen molar-refractivity contribution >= 4 is 40.6 Å². The first-order valence-electron chi connectivity index (χ1n) is 9.92. The molecule has 10 heteroatoms. The summed E-state index contributed by atoms with van der Waals surface area (Å²) < 4.78 is 0. The lowest BCUT2D eigenvalue weighted by atomic mass is 10.2. The molecule has 3 amide bonds. The number of nitrogens with zero attached hydrogens (tertiary/aromatic N) is 3. The van der Waals surface area contributed by atoms with E-state index < -0.39 is 11.9 Å². The Morgan fingerprint density at radius 2 is 1.81 bits per heavy atom. The molecule has 164 valence electrons. The molecule has 0 spiro atoms. The molecule has 3 aromatic rings. The van der Waals surface area contributed by atoms with Gasteiger partial charge in [0.1, 0.15) is 11.6 Å². The third-order valence-corrected chi connectivity index (χ3v) is 4.18. The van der Waals surface area contributed by atoms with E-state index in [4.69, 9.17) is 0 Å². The smallest absolute Gasteiger partial charge is 0.320 e. The molecular formula is C22H23N7O3. The SMILES string of the molecule is CCNC(=O)Nc1cc(Nc2ccc(CC(C)=O)nc2)c(C(=O)Nc2cccnc2)cn1. The topological polar surface area (TPSA) is 138 Å². The molecule has 0 aliphatic carbocycles. The van der Waals surface area contributed by atoms with E-state index in [9.17, 15) is 14.4 Å². The third-order valence-electron chi connectivity index (χ3n) is 4.18. The second-order valence-corrected chi connectivity index (χ2v) is 6.84. The van der Waals surface area contributed by atoms with Crippen LogP contribution in [0.2, 0.25) is 0 Å². The lowest BCUT2D eigenvalue weighted by Crippen LogP contribution is -2.28. The molecule has 0 aliphatic rings. The van der Waals surface area contributed by atoms with Crippen molar-refractivity contribution < 1.29 is 14.4 Å². The van der Waals surface area contributed by atoms with Crippen LogP contribution in [0.15, 0.2) is 55.1 Å². The predicted octanol–water partition coefficient (Wildman–Crippen LogP) is 3.14. The van der Waals surface area contributed by atoms with Crippen LogP contribution in [0.1, 0.15) is 29.9 Å². The maximum absolute atomic E-state index is 12.9. The Morgan fingerprint density at radius 3 is 2.47 bits per heavy atom. The summed E-state index contributed by atoms with van der Waals surface area (Å²) in [5.41, 5.74) is 2.44. The van der Waals surface area contributed by atoms with Crippen molar-refractivity contribution in [2.45, 2.75) is 20.3 Å². The second-order valence-electron chi connectivity index (χ2n) is 6.84. The molecule has 3 heterocycles. The number of Topliss-reactive ketones (excluding diaryl/α,β-unsaturated/α-hetero) is 1. The number of rotatable bonds is 8. The Labute approximate surface area is 184 Å². The maximum Gasteiger partial charge on any atom is 0.320 e. The number of amides is 3. The Balaban J connectivity index is 1.87. The normalized spacial score (nSPS) is 10.2. The number of hydrogen-bond donors (Lipinski definition) is 4. The van der Waals surface area contributed by atoms with Crippen molar-refractivity contribution in [1.29, 1.82) is 0 Å². The number of nitrogens with one attached hydrogen (secondary N) is 4. The fourth-order valence-electron chi connectivity index (χ4n) is 2.78. The summed E-state index contributed by atoms with van der Waals surface area (Å²) in [6.45, 7) is 3.76. The molecule has 0 aromatic carbocycles. The average molecular weight is 433 g/mol. The van der Waals surface area contributed by atoms with Crippen molar-refractivity contribution in [2.24, 2.45) is 0 Å². The Hall–Kier alpha value is -4.34. The van der Waals surface area contributed by atoms with E-state index in [0.717, 1.165) is 0 Å². The van der Waals surface area contributed by atoms with E-state index in [1.807, 2.05) is 0 Å². The standard InChI is InChI=1S/C22H23N7O3/c1-3-24-22(32)29-20-10-19(27-17-7-6-15(25-12-17)9-14(2)30)18(13-26-20)21(31)28-16-5-4-8-23-11-16/h4-8,10-13H,3,9H2,1-2H3,(H,28,31)(H3,24,26,27,29,32). The van der Waals surface area contributed by atoms with E-state index >= 15 is 0 Å². The van der Waals surface area contributed by atoms with Crippen molar-refractivity contribution in [1.82, 2.24) is 20.3 Å². The number of ketones is 1. The van der Waals surface area contributed by atoms with Crippen LogP contribution in [-0.2, 0) is 11.2 Å². The van der Waals surface area contributed by atoms with Crippen LogP contribution in [-0.4, -0.2) is 39.2 Å². The highest BCUT2D eigenvalue weighted by Crippen LogP contribution is 2.24. The van der Waals surface area contributed by atoms with Gasteiger partial charge in [-0.25, -0.2) is 9.78 Å². The molecule has 3 aromatic heterocycles. The maximum atomic E-state index is 12.9. The fourth-order valence-corrected chi connectivity index (χ4v) is 2.78. The Kier molecular flexibility index (Phi) is 7.42. The number of carbonyl (C=O) groups excluding carboxylic acids is 3. The van der Waals surface area contributed by atoms with Gasteiger partial charge in [-0.05, 0) is 38.1 Å². The van der Waals surface area contributed by atoms with E-state index in [0.29, 0.717) is 29.3 Å². The van der Waals surface area contributed by atoms with Crippen LogP contribution in [0.25, 0.3) is 0 Å². The molecule has 0 unspecified atom stereocenters. The van der Waals surface area contributed by atoms with Gasteiger partial charge in [0.25, 0.3) is 5.91 Å². The van der Waals surface area contributed by atoms with Gasteiger partial charge in [0, 0.05) is 37.1 Å². The Bertz CT molecular complexity index is 1100. The molecular weight excluding hydrogens is 410 g/mol. The number of hydrogen-bond acceptors (Lipinski definition) is 7. The zero-order chi connectivity index (χ0) is 22.9. The van der Waals surface area contributed by atoms with Crippen LogP contribution < -0.4 is 21.3 Å². The molecule has 0 saturated heterocycles. The third kappa shape index (κ3) is 6.33. The van der Waals surface area contributed by atoms with Gasteiger partial charge in [-0.3, -0.25) is 24.9 Å². The highest BCUT2D eigenvalue weighted by Gasteiger charge is 2.15. The molecule has 0 bridgehead atoms. The largest absolute Gasteiger partial charge is 0.353 e. The summed E-state index contributed by atoms with van der Waals surface area (Å²) in [7, 11) is 0. The van der Waals surface area contributed by atoms with Gasteiger partial charge in [-0.2, -0.15) is 0 Å². The fraction of sp³-hybridized carbons (Fsp3) is 0.182. The molecule has 0 fully saturated rings. The number of anilines is 4. The molecule has 0 atom stereocenters. The molecule has 0 aliphatic heterocycles. The quantitative estimate of drug-likeness (QED) is 0.428. The van der Waals surface area contributed by atoms with Gasteiger partial charge in [-0.1, -0.05) is 0 Å². The number of urea groups is 1. The van der Waals surface area contributed by atoms with E-state index in [2.05, 4.69) is 36.2 Å². The summed E-state index contributed by atoms with van der Waals surface area (Å²) in [6, 6.07) is 8.05. The molecule has 32 heavy (non-hydrogen) atoms. The minimum absolute atomic E-state index is 0.0165. The molecule has 0 saturated carbocycles. The van der Waals surface area contributed by atoms with Crippen LogP contribution in [0.3, 0.4) is 0 Å². The highest BCUT2D eigenvalue weighted by atomic mass is 16.2. The van der Waals surface area contributed by atoms with Crippen LogP contribution >= 0.6 is 0 Å². The van der Waals surface area contributed by atoms with Gasteiger partial charge in [0.2, 0.25) is 0 Å². The molecule has 10 nitrogen and oxygen atoms in total. The van der Waals surface area contributed by atoms with Gasteiger partial charge in [0.05, 0.1) is 35.0 Å². The van der Waals surface area contributed by atoms with E-state index in [1.54, 1.807) is 49.6 Å². The predicted molar refractivity (Wildman–Crippen MR) is 121 cm³/mol. The van der Waals surface area contributed by atoms with Crippen LogP contribution in [0, 0.1) is 0 Å². The van der Waals surface area contributed by atoms with Crippen molar-refractivity contribution in [2.75, 3.05) is 22.5 Å². The van der Waals surface area contributed by atoms with Crippen molar-refractivity contribution in [3.05, 3.63) is 66.4 Å². The van der Waals surface area contributed by atoms with Crippen LogP contribution in [0.5, 0.6) is 0 Å². The van der Waals surface area contributed by atoms with E-state index in [-0.39, 0.29) is 23.6 Å². The first kappa shape index (κ1) is 22.3. The van der Waals surface area contributed by atoms with Gasteiger partial charge in [0.15, 0.2) is 0 Å². The zero-order valence-electron chi connectivity index (χ0n) is 17.7. The molecule has 0 radical (unpaired) electrons. The molecule has 4 N–H and O–H groups in total. The number of carbonyl (C=O) groups is 3. The van der Waals surface area contributed by atoms with Gasteiger partial charge >= 0.3 is 6.03 Å². The van der Waals surface area contributed by atoms with Gasteiger partial charge < -0.3 is 16.0 Å². The minimum atomic E-state index is -0.409. The van der Waals surface area contributed by atoms with Crippen molar-refractivity contribution in [3.63, 3.8) is 0 Å². The average Bonchev–Trinajstić information content (AvgIpc) is 2.76. The lowest BCUT2D eigenvalue weighted by Gasteiger charge is -2.14.